The summed E-state index contributed by atoms with van der Waals surface area (Å²) in [7, 11) is 0. The highest BCUT2D eigenvalue weighted by atomic mass is 16.8. The number of cyclic esters (lactones) is 2. The van der Waals surface area contributed by atoms with E-state index < -0.39 is 17.9 Å². The standard InChI is InChI=1S/C18H16O4/c19-17-20-12-16(21-17)18-11-10-14-8-5-4-7-13(14)6-2-1-3-9-15(18)22-18/h6,8,15-16H,3-5,7,9,12H2/b13-6-/t15-,16-,18+/m1/s1. The highest BCUT2D eigenvalue weighted by Gasteiger charge is 2.64. The Morgan fingerprint density at radius 2 is 2.27 bits per heavy atom. The summed E-state index contributed by atoms with van der Waals surface area (Å²) in [6.07, 6.45) is 7.74. The topological polar surface area (TPSA) is 48.1 Å². The Morgan fingerprint density at radius 3 is 3.14 bits per heavy atom. The second-order valence-corrected chi connectivity index (χ2v) is 5.86. The van der Waals surface area contributed by atoms with Gasteiger partial charge in [0.2, 0.25) is 0 Å². The number of hydrogen-bond acceptors (Lipinski definition) is 4. The number of ether oxygens (including phenoxy) is 3. The van der Waals surface area contributed by atoms with Gasteiger partial charge in [-0.1, -0.05) is 29.8 Å². The minimum absolute atomic E-state index is 0.0421. The zero-order valence-electron chi connectivity index (χ0n) is 12.2. The first-order valence-corrected chi connectivity index (χ1v) is 7.70. The monoisotopic (exact) mass is 296 g/mol. The maximum Gasteiger partial charge on any atom is 0.508 e. The van der Waals surface area contributed by atoms with E-state index in [0.29, 0.717) is 0 Å². The second kappa shape index (κ2) is 5.23. The van der Waals surface area contributed by atoms with Crippen LogP contribution in [0.3, 0.4) is 0 Å². The number of allylic oxidation sites excluding steroid dienone is 4. The Bertz CT molecular complexity index is 694. The van der Waals surface area contributed by atoms with Gasteiger partial charge in [0.1, 0.15) is 12.7 Å². The van der Waals surface area contributed by atoms with Gasteiger partial charge in [0.25, 0.3) is 0 Å². The SMILES string of the molecule is O=C1OC[C@H]([C@]23C#CC4=CCCC/C4=C/C#CCC[C@H]2O3)O1. The van der Waals surface area contributed by atoms with Gasteiger partial charge in [-0.2, -0.15) is 0 Å². The normalized spacial score (nSPS) is 37.9. The van der Waals surface area contributed by atoms with Gasteiger partial charge < -0.3 is 14.2 Å². The lowest BCUT2D eigenvalue weighted by Crippen LogP contribution is -2.33. The van der Waals surface area contributed by atoms with E-state index in [9.17, 15) is 4.79 Å². The molecule has 112 valence electrons. The minimum Gasteiger partial charge on any atom is -0.430 e. The molecular weight excluding hydrogens is 280 g/mol. The number of epoxide rings is 1. The molecule has 4 nitrogen and oxygen atoms in total. The summed E-state index contributed by atoms with van der Waals surface area (Å²) in [4.78, 5) is 11.2. The molecule has 2 heterocycles. The number of fused-ring (bicyclic) bond motifs is 2. The number of hydrogen-bond donors (Lipinski definition) is 0. The molecule has 0 N–H and O–H groups in total. The summed E-state index contributed by atoms with van der Waals surface area (Å²) >= 11 is 0. The van der Waals surface area contributed by atoms with Crippen molar-refractivity contribution in [1.29, 1.82) is 0 Å². The molecule has 2 aliphatic heterocycles. The summed E-state index contributed by atoms with van der Waals surface area (Å²) < 4.78 is 16.0. The van der Waals surface area contributed by atoms with Crippen molar-refractivity contribution >= 4 is 6.16 Å². The first-order valence-electron chi connectivity index (χ1n) is 7.70. The molecule has 0 spiro atoms. The molecule has 2 fully saturated rings. The Balaban J connectivity index is 1.69. The summed E-state index contributed by atoms with van der Waals surface area (Å²) in [6.45, 7) is 0.206. The molecule has 2 aliphatic carbocycles. The lowest BCUT2D eigenvalue weighted by Gasteiger charge is -2.13. The van der Waals surface area contributed by atoms with E-state index in [-0.39, 0.29) is 12.7 Å². The fraction of sp³-hybridized carbons (Fsp3) is 0.500. The zero-order chi connectivity index (χ0) is 15.0. The predicted molar refractivity (Wildman–Crippen MR) is 78.6 cm³/mol. The van der Waals surface area contributed by atoms with E-state index in [1.807, 2.05) is 6.08 Å². The van der Waals surface area contributed by atoms with Crippen LogP contribution in [0.5, 0.6) is 0 Å². The molecule has 3 atom stereocenters. The van der Waals surface area contributed by atoms with Crippen LogP contribution in [0.25, 0.3) is 0 Å². The van der Waals surface area contributed by atoms with E-state index in [1.165, 1.54) is 5.57 Å². The van der Waals surface area contributed by atoms with Crippen LogP contribution in [0, 0.1) is 23.7 Å². The smallest absolute Gasteiger partial charge is 0.430 e. The van der Waals surface area contributed by atoms with Gasteiger partial charge in [-0.3, -0.25) is 0 Å². The lowest BCUT2D eigenvalue weighted by atomic mass is 9.92. The van der Waals surface area contributed by atoms with Gasteiger partial charge in [-0.05, 0) is 37.3 Å². The molecule has 0 aromatic carbocycles. The van der Waals surface area contributed by atoms with Gasteiger partial charge in [0.05, 0.1) is 0 Å². The highest BCUT2D eigenvalue weighted by Crippen LogP contribution is 2.45. The largest absolute Gasteiger partial charge is 0.508 e. The fourth-order valence-electron chi connectivity index (χ4n) is 3.15. The van der Waals surface area contributed by atoms with Crippen LogP contribution in [-0.4, -0.2) is 30.6 Å². The maximum absolute atomic E-state index is 11.2. The van der Waals surface area contributed by atoms with Crippen LogP contribution in [-0.2, 0) is 14.2 Å². The molecule has 0 saturated carbocycles. The van der Waals surface area contributed by atoms with Crippen molar-refractivity contribution in [3.05, 3.63) is 23.3 Å². The summed E-state index contributed by atoms with van der Waals surface area (Å²) in [5, 5.41) is 0. The molecule has 0 bridgehead atoms. The Hall–Kier alpha value is -2.17. The van der Waals surface area contributed by atoms with E-state index in [0.717, 1.165) is 37.7 Å². The van der Waals surface area contributed by atoms with Gasteiger partial charge >= 0.3 is 6.16 Å². The summed E-state index contributed by atoms with van der Waals surface area (Å²) in [6, 6.07) is 0. The van der Waals surface area contributed by atoms with Crippen molar-refractivity contribution in [1.82, 2.24) is 0 Å². The van der Waals surface area contributed by atoms with Crippen molar-refractivity contribution in [2.24, 2.45) is 0 Å². The van der Waals surface area contributed by atoms with Crippen molar-refractivity contribution in [3.8, 4) is 23.7 Å². The van der Waals surface area contributed by atoms with E-state index in [1.54, 1.807) is 0 Å². The van der Waals surface area contributed by atoms with Crippen LogP contribution in [0.15, 0.2) is 23.3 Å². The molecule has 4 aliphatic rings. The molecule has 0 radical (unpaired) electrons. The molecule has 4 rings (SSSR count). The first kappa shape index (κ1) is 13.5. The van der Waals surface area contributed by atoms with E-state index in [4.69, 9.17) is 14.2 Å². The lowest BCUT2D eigenvalue weighted by molar-refractivity contribution is 0.0966. The molecule has 22 heavy (non-hydrogen) atoms. The second-order valence-electron chi connectivity index (χ2n) is 5.86. The first-order chi connectivity index (χ1) is 10.8. The van der Waals surface area contributed by atoms with Crippen LogP contribution >= 0.6 is 0 Å². The maximum atomic E-state index is 11.2. The van der Waals surface area contributed by atoms with Gasteiger partial charge in [0, 0.05) is 12.0 Å². The Kier molecular flexibility index (Phi) is 3.21. The predicted octanol–water partition coefficient (Wildman–Crippen LogP) is 2.50. The van der Waals surface area contributed by atoms with Crippen LogP contribution < -0.4 is 0 Å². The quantitative estimate of drug-likeness (QED) is 0.424. The van der Waals surface area contributed by atoms with Gasteiger partial charge in [0.15, 0.2) is 11.7 Å². The van der Waals surface area contributed by atoms with Crippen molar-refractivity contribution in [2.75, 3.05) is 6.61 Å². The average molecular weight is 296 g/mol. The zero-order valence-corrected chi connectivity index (χ0v) is 12.2. The summed E-state index contributed by atoms with van der Waals surface area (Å²) in [5.41, 5.74) is 1.50. The fourth-order valence-corrected chi connectivity index (χ4v) is 3.15. The van der Waals surface area contributed by atoms with Gasteiger partial charge in [-0.25, -0.2) is 4.79 Å². The highest BCUT2D eigenvalue weighted by molar-refractivity contribution is 5.63. The van der Waals surface area contributed by atoms with Crippen molar-refractivity contribution < 1.29 is 19.0 Å². The third-order valence-electron chi connectivity index (χ3n) is 4.44. The Labute approximate surface area is 129 Å². The summed E-state index contributed by atoms with van der Waals surface area (Å²) in [5.74, 6) is 12.8. The Morgan fingerprint density at radius 1 is 1.32 bits per heavy atom. The molecule has 4 heteroatoms. The molecule has 0 unspecified atom stereocenters. The van der Waals surface area contributed by atoms with Crippen LogP contribution in [0.2, 0.25) is 0 Å². The van der Waals surface area contributed by atoms with Crippen LogP contribution in [0.1, 0.15) is 32.1 Å². The molecule has 0 aromatic heterocycles. The van der Waals surface area contributed by atoms with E-state index in [2.05, 4.69) is 29.8 Å². The minimum atomic E-state index is -0.721. The van der Waals surface area contributed by atoms with Crippen molar-refractivity contribution in [2.45, 2.75) is 49.9 Å². The van der Waals surface area contributed by atoms with Crippen molar-refractivity contribution in [3.63, 3.8) is 0 Å². The molecule has 2 saturated heterocycles. The third-order valence-corrected chi connectivity index (χ3v) is 4.44. The number of rotatable bonds is 1. The number of carbonyl (C=O) groups excluding carboxylic acids is 1. The molecule has 0 aromatic rings. The number of carbonyl (C=O) groups is 1. The van der Waals surface area contributed by atoms with E-state index >= 15 is 0 Å². The van der Waals surface area contributed by atoms with Crippen LogP contribution in [0.4, 0.5) is 4.79 Å². The average Bonchev–Trinajstić information content (AvgIpc) is 3.07. The molecule has 0 amide bonds. The van der Waals surface area contributed by atoms with Gasteiger partial charge in [-0.15, -0.1) is 0 Å². The third kappa shape index (κ3) is 2.30. The molecular formula is C18H16O4.